The van der Waals surface area contributed by atoms with Gasteiger partial charge in [-0.05, 0) is 60.7 Å². The van der Waals surface area contributed by atoms with Crippen LogP contribution in [0.15, 0.2) is 48.0 Å². The van der Waals surface area contributed by atoms with Gasteiger partial charge in [-0.1, -0.05) is 12.1 Å². The first-order chi connectivity index (χ1) is 19.6. The fourth-order valence-electron chi connectivity index (χ4n) is 6.44. The number of imide groups is 4. The zero-order valence-corrected chi connectivity index (χ0v) is 22.7. The van der Waals surface area contributed by atoms with Crippen LogP contribution in [-0.2, 0) is 25.6 Å². The lowest BCUT2D eigenvalue weighted by molar-refractivity contribution is -0.159. The highest BCUT2D eigenvalue weighted by Gasteiger charge is 2.63. The maximum atomic E-state index is 13.6. The van der Waals surface area contributed by atoms with Crippen molar-refractivity contribution in [3.05, 3.63) is 59.2 Å². The molecule has 210 valence electrons. The van der Waals surface area contributed by atoms with Crippen molar-refractivity contribution in [1.82, 2.24) is 15.1 Å². The predicted molar refractivity (Wildman–Crippen MR) is 146 cm³/mol. The number of methoxy groups -OCH3 is 1. The van der Waals surface area contributed by atoms with Crippen LogP contribution >= 0.6 is 0 Å². The van der Waals surface area contributed by atoms with Crippen molar-refractivity contribution in [2.24, 2.45) is 5.41 Å². The normalized spacial score (nSPS) is 22.9. The lowest BCUT2D eigenvalue weighted by atomic mass is 9.68. The standard InChI is InChI=1S/C29H27N5O7/c1-31-25(37)29(26(38)32(2)28(31)40)15-17-12-16(9-10-21(17)33-11-5-8-22(29)33)13-20-23(35)30-27(39)34(24(20)36)18-6-4-7-19(14-18)41-3/h4,6-7,9-10,12-14,22H,5,8,11,15H2,1-3H3,(H,30,35,39). The molecule has 0 saturated carbocycles. The number of ether oxygens (including phenoxy) is 1. The lowest BCUT2D eigenvalue weighted by Gasteiger charge is -2.50. The van der Waals surface area contributed by atoms with E-state index in [4.69, 9.17) is 4.74 Å². The number of barbiturate groups is 2. The van der Waals surface area contributed by atoms with Gasteiger partial charge in [-0.2, -0.15) is 0 Å². The van der Waals surface area contributed by atoms with Crippen molar-refractivity contribution in [3.8, 4) is 5.75 Å². The minimum absolute atomic E-state index is 0.0642. The van der Waals surface area contributed by atoms with E-state index in [2.05, 4.69) is 5.32 Å². The van der Waals surface area contributed by atoms with E-state index in [9.17, 15) is 28.8 Å². The number of amides is 8. The van der Waals surface area contributed by atoms with Crippen LogP contribution in [0.1, 0.15) is 24.0 Å². The van der Waals surface area contributed by atoms with Crippen molar-refractivity contribution in [3.63, 3.8) is 0 Å². The van der Waals surface area contributed by atoms with E-state index >= 15 is 0 Å². The zero-order valence-electron chi connectivity index (χ0n) is 22.7. The summed E-state index contributed by atoms with van der Waals surface area (Å²) in [6.45, 7) is 0.639. The largest absolute Gasteiger partial charge is 0.497 e. The molecule has 3 fully saturated rings. The second-order valence-corrected chi connectivity index (χ2v) is 10.6. The fraction of sp³-hybridized carbons (Fsp3) is 0.310. The molecule has 1 N–H and O–H groups in total. The van der Waals surface area contributed by atoms with Gasteiger partial charge in [0.15, 0.2) is 5.41 Å². The number of carbonyl (C=O) groups excluding carboxylic acids is 6. The van der Waals surface area contributed by atoms with Gasteiger partial charge in [0.05, 0.1) is 18.8 Å². The monoisotopic (exact) mass is 557 g/mol. The number of nitrogens with zero attached hydrogens (tertiary/aromatic N) is 4. The second-order valence-electron chi connectivity index (χ2n) is 10.6. The molecule has 1 unspecified atom stereocenters. The van der Waals surface area contributed by atoms with Gasteiger partial charge in [0.25, 0.3) is 11.8 Å². The summed E-state index contributed by atoms with van der Waals surface area (Å²) in [6, 6.07) is 9.73. The van der Waals surface area contributed by atoms with E-state index in [-0.39, 0.29) is 17.7 Å². The summed E-state index contributed by atoms with van der Waals surface area (Å²) in [4.78, 5) is 83.5. The van der Waals surface area contributed by atoms with E-state index in [1.807, 2.05) is 11.0 Å². The Morgan fingerprint density at radius 2 is 1.71 bits per heavy atom. The Morgan fingerprint density at radius 3 is 2.41 bits per heavy atom. The number of anilines is 2. The SMILES string of the molecule is COc1cccc(N2C(=O)NC(=O)C(=Cc3ccc4c(c3)CC3(C(=O)N(C)C(=O)N(C)C3=O)C3CCCN43)C2=O)c1. The molecule has 1 spiro atoms. The van der Waals surface area contributed by atoms with Crippen molar-refractivity contribution >= 4 is 53.1 Å². The Balaban J connectivity index is 1.40. The molecule has 2 aromatic rings. The van der Waals surface area contributed by atoms with Gasteiger partial charge >= 0.3 is 12.1 Å². The molecule has 8 amide bonds. The summed E-state index contributed by atoms with van der Waals surface area (Å²) in [6.07, 6.45) is 2.85. The third-order valence-electron chi connectivity index (χ3n) is 8.37. The average Bonchev–Trinajstić information content (AvgIpc) is 3.47. The van der Waals surface area contributed by atoms with E-state index in [0.717, 1.165) is 26.8 Å². The Hall–Kier alpha value is -5.00. The molecule has 4 aliphatic rings. The average molecular weight is 558 g/mol. The minimum Gasteiger partial charge on any atom is -0.497 e. The predicted octanol–water partition coefficient (Wildman–Crippen LogP) is 1.92. The van der Waals surface area contributed by atoms with Gasteiger partial charge < -0.3 is 9.64 Å². The maximum absolute atomic E-state index is 13.6. The number of carbonyl (C=O) groups is 6. The van der Waals surface area contributed by atoms with Crippen LogP contribution in [0, 0.1) is 5.41 Å². The molecule has 12 nitrogen and oxygen atoms in total. The molecule has 0 aromatic heterocycles. The van der Waals surface area contributed by atoms with E-state index in [0.29, 0.717) is 29.8 Å². The van der Waals surface area contributed by atoms with Crippen molar-refractivity contribution in [2.75, 3.05) is 37.5 Å². The third kappa shape index (κ3) is 3.74. The molecule has 41 heavy (non-hydrogen) atoms. The Bertz CT molecular complexity index is 1570. The van der Waals surface area contributed by atoms with Crippen LogP contribution < -0.4 is 19.9 Å². The van der Waals surface area contributed by atoms with Crippen LogP contribution in [0.3, 0.4) is 0 Å². The molecule has 3 saturated heterocycles. The lowest BCUT2D eigenvalue weighted by Crippen LogP contribution is -2.70. The van der Waals surface area contributed by atoms with Crippen LogP contribution in [0.25, 0.3) is 6.08 Å². The van der Waals surface area contributed by atoms with E-state index in [1.54, 1.807) is 30.3 Å². The number of hydrogen-bond acceptors (Lipinski definition) is 8. The summed E-state index contributed by atoms with van der Waals surface area (Å²) < 4.78 is 5.20. The molecule has 4 heterocycles. The van der Waals surface area contributed by atoms with Crippen LogP contribution in [0.4, 0.5) is 21.0 Å². The molecule has 0 aliphatic carbocycles. The summed E-state index contributed by atoms with van der Waals surface area (Å²) in [5, 5.41) is 2.21. The first-order valence-electron chi connectivity index (χ1n) is 13.1. The number of rotatable bonds is 3. The first kappa shape index (κ1) is 26.2. The van der Waals surface area contributed by atoms with E-state index in [1.165, 1.54) is 33.3 Å². The molecule has 1 atom stereocenters. The van der Waals surface area contributed by atoms with Crippen molar-refractivity contribution in [1.29, 1.82) is 0 Å². The molecule has 0 bridgehead atoms. The first-order valence-corrected chi connectivity index (χ1v) is 13.1. The highest BCUT2D eigenvalue weighted by atomic mass is 16.5. The summed E-state index contributed by atoms with van der Waals surface area (Å²) >= 11 is 0. The van der Waals surface area contributed by atoms with Crippen LogP contribution in [0.5, 0.6) is 5.75 Å². The highest BCUT2D eigenvalue weighted by molar-refractivity contribution is 6.39. The zero-order chi connectivity index (χ0) is 29.2. The number of urea groups is 2. The molecule has 12 heteroatoms. The van der Waals surface area contributed by atoms with Gasteiger partial charge in [-0.15, -0.1) is 0 Å². The van der Waals surface area contributed by atoms with Crippen molar-refractivity contribution < 1.29 is 33.5 Å². The Labute approximate surface area is 235 Å². The third-order valence-corrected chi connectivity index (χ3v) is 8.37. The Kier molecular flexibility index (Phi) is 5.94. The van der Waals surface area contributed by atoms with Crippen LogP contribution in [-0.4, -0.2) is 79.3 Å². The molecule has 4 aliphatic heterocycles. The summed E-state index contributed by atoms with van der Waals surface area (Å²) in [5.41, 5.74) is 0.515. The molecule has 6 rings (SSSR count). The van der Waals surface area contributed by atoms with E-state index < -0.39 is 47.1 Å². The number of benzene rings is 2. The van der Waals surface area contributed by atoms with Gasteiger partial charge in [0, 0.05) is 32.4 Å². The van der Waals surface area contributed by atoms with Gasteiger partial charge in [-0.3, -0.25) is 34.3 Å². The number of hydrogen-bond donors (Lipinski definition) is 1. The molecular formula is C29H27N5O7. The van der Waals surface area contributed by atoms with Gasteiger partial charge in [-0.25, -0.2) is 14.5 Å². The molecular weight excluding hydrogens is 530 g/mol. The Morgan fingerprint density at radius 1 is 0.976 bits per heavy atom. The fourth-order valence-corrected chi connectivity index (χ4v) is 6.44. The highest BCUT2D eigenvalue weighted by Crippen LogP contribution is 2.49. The van der Waals surface area contributed by atoms with Crippen LogP contribution in [0.2, 0.25) is 0 Å². The number of nitrogens with one attached hydrogen (secondary N) is 1. The minimum atomic E-state index is -1.47. The maximum Gasteiger partial charge on any atom is 0.335 e. The van der Waals surface area contributed by atoms with Crippen molar-refractivity contribution in [2.45, 2.75) is 25.3 Å². The quantitative estimate of drug-likeness (QED) is 0.344. The summed E-state index contributed by atoms with van der Waals surface area (Å²) in [7, 11) is 4.22. The molecule has 0 radical (unpaired) electrons. The molecule has 2 aromatic carbocycles. The summed E-state index contributed by atoms with van der Waals surface area (Å²) in [5.74, 6) is -2.29. The smallest absolute Gasteiger partial charge is 0.335 e. The number of fused-ring (bicyclic) bond motifs is 4. The topological polar surface area (TPSA) is 137 Å². The van der Waals surface area contributed by atoms with Gasteiger partial charge in [0.2, 0.25) is 11.8 Å². The van der Waals surface area contributed by atoms with Gasteiger partial charge in [0.1, 0.15) is 11.3 Å². The second kappa shape index (κ2) is 9.29.